The van der Waals surface area contributed by atoms with Gasteiger partial charge in [-0.3, -0.25) is 0 Å². The maximum atomic E-state index is 11.7. The van der Waals surface area contributed by atoms with E-state index in [0.717, 1.165) is 0 Å². The molecule has 4 nitrogen and oxygen atoms in total. The third kappa shape index (κ3) is 4.81. The number of carbonyl (C=O) groups excluding carboxylic acids is 1. The van der Waals surface area contributed by atoms with Crippen LogP contribution in [0.25, 0.3) is 0 Å². The van der Waals surface area contributed by atoms with Gasteiger partial charge in [0.1, 0.15) is 9.94 Å². The Hall–Kier alpha value is -0.330. The van der Waals surface area contributed by atoms with Gasteiger partial charge in [-0.25, -0.2) is 9.78 Å². The molecule has 0 N–H and O–H groups in total. The summed E-state index contributed by atoms with van der Waals surface area (Å²) >= 11 is 10.5. The molecule has 0 unspecified atom stereocenters. The number of halogens is 2. The van der Waals surface area contributed by atoms with E-state index in [1.165, 1.54) is 16.2 Å². The van der Waals surface area contributed by atoms with Crippen molar-refractivity contribution < 1.29 is 9.53 Å². The largest absolute Gasteiger partial charge is 0.444 e. The van der Waals surface area contributed by atoms with Crippen LogP contribution in [0.15, 0.2) is 3.92 Å². The molecule has 0 saturated carbocycles. The molecular weight excluding hydrogens is 328 g/mol. The quantitative estimate of drug-likeness (QED) is 0.818. The van der Waals surface area contributed by atoms with Crippen molar-refractivity contribution in [3.05, 3.63) is 13.9 Å². The van der Waals surface area contributed by atoms with Crippen LogP contribution in [0, 0.1) is 0 Å². The molecule has 0 bridgehead atoms. The summed E-state index contributed by atoms with van der Waals surface area (Å²) in [5.41, 5.74) is 0.162. The number of aromatic nitrogens is 1. The van der Waals surface area contributed by atoms with Gasteiger partial charge in [-0.1, -0.05) is 22.9 Å². The first-order valence-electron chi connectivity index (χ1n) is 4.94. The van der Waals surface area contributed by atoms with Crippen LogP contribution in [0.3, 0.4) is 0 Å². The summed E-state index contributed by atoms with van der Waals surface area (Å²) in [7, 11) is 1.65. The van der Waals surface area contributed by atoms with Gasteiger partial charge >= 0.3 is 6.09 Å². The SMILES string of the molecule is CN(Cc1nc(Br)sc1Cl)C(=O)OC(C)(C)C. The first kappa shape index (κ1) is 14.7. The van der Waals surface area contributed by atoms with Crippen LogP contribution < -0.4 is 0 Å². The minimum absolute atomic E-state index is 0.329. The maximum absolute atomic E-state index is 11.7. The summed E-state index contributed by atoms with van der Waals surface area (Å²) in [6.45, 7) is 5.80. The van der Waals surface area contributed by atoms with E-state index >= 15 is 0 Å². The van der Waals surface area contributed by atoms with Crippen molar-refractivity contribution in [2.45, 2.75) is 32.9 Å². The molecule has 0 aromatic carbocycles. The lowest BCUT2D eigenvalue weighted by Gasteiger charge is -2.24. The van der Waals surface area contributed by atoms with Crippen LogP contribution in [0.2, 0.25) is 4.34 Å². The van der Waals surface area contributed by atoms with E-state index in [1.54, 1.807) is 7.05 Å². The van der Waals surface area contributed by atoms with Gasteiger partial charge < -0.3 is 9.64 Å². The van der Waals surface area contributed by atoms with Crippen molar-refractivity contribution in [2.24, 2.45) is 0 Å². The lowest BCUT2D eigenvalue weighted by Crippen LogP contribution is -2.33. The fourth-order valence-corrected chi connectivity index (χ4v) is 2.86. The zero-order chi connectivity index (χ0) is 13.2. The van der Waals surface area contributed by atoms with Crippen molar-refractivity contribution >= 4 is 45.0 Å². The minimum Gasteiger partial charge on any atom is -0.444 e. The van der Waals surface area contributed by atoms with Gasteiger partial charge in [-0.2, -0.15) is 0 Å². The van der Waals surface area contributed by atoms with E-state index < -0.39 is 11.7 Å². The molecule has 0 fully saturated rings. The first-order valence-corrected chi connectivity index (χ1v) is 6.92. The van der Waals surface area contributed by atoms with Gasteiger partial charge in [0.25, 0.3) is 0 Å². The molecule has 0 atom stereocenters. The van der Waals surface area contributed by atoms with Crippen LogP contribution in [-0.4, -0.2) is 28.6 Å². The second kappa shape index (κ2) is 5.54. The van der Waals surface area contributed by atoms with Crippen LogP contribution >= 0.6 is 38.9 Å². The Morgan fingerprint density at radius 1 is 1.59 bits per heavy atom. The van der Waals surface area contributed by atoms with Gasteiger partial charge in [0, 0.05) is 7.05 Å². The second-order valence-electron chi connectivity index (χ2n) is 4.52. The highest BCUT2D eigenvalue weighted by molar-refractivity contribution is 9.11. The van der Waals surface area contributed by atoms with Crippen LogP contribution in [0.4, 0.5) is 4.79 Å². The smallest absolute Gasteiger partial charge is 0.410 e. The summed E-state index contributed by atoms with van der Waals surface area (Å²) < 4.78 is 6.51. The predicted octanol–water partition coefficient (Wildman–Crippen LogP) is 3.93. The highest BCUT2D eigenvalue weighted by Gasteiger charge is 2.21. The van der Waals surface area contributed by atoms with Crippen molar-refractivity contribution in [1.82, 2.24) is 9.88 Å². The summed E-state index contributed by atoms with van der Waals surface area (Å²) in [5, 5.41) is 0. The molecule has 17 heavy (non-hydrogen) atoms. The van der Waals surface area contributed by atoms with E-state index in [4.69, 9.17) is 16.3 Å². The van der Waals surface area contributed by atoms with Gasteiger partial charge in [0.15, 0.2) is 3.92 Å². The lowest BCUT2D eigenvalue weighted by molar-refractivity contribution is 0.0283. The van der Waals surface area contributed by atoms with Crippen molar-refractivity contribution in [3.8, 4) is 0 Å². The van der Waals surface area contributed by atoms with Gasteiger partial charge in [-0.05, 0) is 36.7 Å². The normalized spacial score (nSPS) is 11.4. The monoisotopic (exact) mass is 340 g/mol. The number of amides is 1. The van der Waals surface area contributed by atoms with Crippen molar-refractivity contribution in [3.63, 3.8) is 0 Å². The molecule has 1 amide bonds. The highest BCUT2D eigenvalue weighted by Crippen LogP contribution is 2.28. The van der Waals surface area contributed by atoms with Crippen LogP contribution in [-0.2, 0) is 11.3 Å². The highest BCUT2D eigenvalue weighted by atomic mass is 79.9. The molecule has 0 aliphatic carbocycles. The zero-order valence-corrected chi connectivity index (χ0v) is 13.2. The summed E-state index contributed by atoms with van der Waals surface area (Å²) in [6, 6.07) is 0. The third-order valence-corrected chi connectivity index (χ3v) is 3.50. The average Bonchev–Trinajstić information content (AvgIpc) is 2.42. The van der Waals surface area contributed by atoms with Crippen molar-refractivity contribution in [2.75, 3.05) is 7.05 Å². The average molecular weight is 342 g/mol. The molecule has 1 rings (SSSR count). The Balaban J connectivity index is 2.63. The Labute approximate surface area is 118 Å². The van der Waals surface area contributed by atoms with Gasteiger partial charge in [-0.15, -0.1) is 0 Å². The molecule has 0 aliphatic heterocycles. The molecule has 96 valence electrons. The minimum atomic E-state index is -0.502. The second-order valence-corrected chi connectivity index (χ2v) is 7.40. The van der Waals surface area contributed by atoms with E-state index in [2.05, 4.69) is 20.9 Å². The standard InChI is InChI=1S/C10H14BrClN2O2S/c1-10(2,3)16-9(15)14(4)5-6-7(12)17-8(11)13-6/h5H2,1-4H3. The van der Waals surface area contributed by atoms with E-state index in [1.807, 2.05) is 20.8 Å². The molecule has 7 heteroatoms. The number of thiazole rings is 1. The fourth-order valence-electron chi connectivity index (χ4n) is 1.03. The Morgan fingerprint density at radius 3 is 2.59 bits per heavy atom. The number of ether oxygens (including phenoxy) is 1. The zero-order valence-electron chi connectivity index (χ0n) is 10.1. The van der Waals surface area contributed by atoms with Crippen LogP contribution in [0.5, 0.6) is 0 Å². The Bertz CT molecular complexity index is 417. The van der Waals surface area contributed by atoms with E-state index in [9.17, 15) is 4.79 Å². The molecule has 0 radical (unpaired) electrons. The number of hydrogen-bond acceptors (Lipinski definition) is 4. The molecular formula is C10H14BrClN2O2S. The molecule has 1 heterocycles. The molecule has 1 aromatic heterocycles. The molecule has 1 aromatic rings. The van der Waals surface area contributed by atoms with E-state index in [-0.39, 0.29) is 0 Å². The number of carbonyl (C=O) groups is 1. The Morgan fingerprint density at radius 2 is 2.18 bits per heavy atom. The molecule has 0 saturated heterocycles. The summed E-state index contributed by atoms with van der Waals surface area (Å²) in [5.74, 6) is 0. The number of rotatable bonds is 2. The topological polar surface area (TPSA) is 42.4 Å². The fraction of sp³-hybridized carbons (Fsp3) is 0.600. The van der Waals surface area contributed by atoms with Gasteiger partial charge in [0.2, 0.25) is 0 Å². The maximum Gasteiger partial charge on any atom is 0.410 e. The summed E-state index contributed by atoms with van der Waals surface area (Å²) in [6.07, 6.45) is -0.391. The molecule has 0 spiro atoms. The number of nitrogens with zero attached hydrogens (tertiary/aromatic N) is 2. The number of hydrogen-bond donors (Lipinski definition) is 0. The lowest BCUT2D eigenvalue weighted by atomic mass is 10.2. The Kier molecular flexibility index (Phi) is 4.80. The predicted molar refractivity (Wildman–Crippen MR) is 72.5 cm³/mol. The third-order valence-electron chi connectivity index (χ3n) is 1.72. The summed E-state index contributed by atoms with van der Waals surface area (Å²) in [4.78, 5) is 17.3. The van der Waals surface area contributed by atoms with Crippen molar-refractivity contribution in [1.29, 1.82) is 0 Å². The van der Waals surface area contributed by atoms with Gasteiger partial charge in [0.05, 0.1) is 12.2 Å². The first-order chi connectivity index (χ1) is 7.69. The van der Waals surface area contributed by atoms with Crippen LogP contribution in [0.1, 0.15) is 26.5 Å². The molecule has 0 aliphatic rings. The van der Waals surface area contributed by atoms with E-state index in [0.29, 0.717) is 20.5 Å².